The topological polar surface area (TPSA) is 0 Å². The van der Waals surface area contributed by atoms with Gasteiger partial charge in [0.15, 0.2) is 0 Å². The van der Waals surface area contributed by atoms with E-state index in [1.807, 2.05) is 0 Å². The molecule has 2 heteroatoms. The summed E-state index contributed by atoms with van der Waals surface area (Å²) in [5, 5.41) is 0. The minimum atomic E-state index is 0.0211. The van der Waals surface area contributed by atoms with Gasteiger partial charge in [-0.15, -0.1) is 0 Å². The Morgan fingerprint density at radius 3 is 2.83 bits per heavy atom. The van der Waals surface area contributed by atoms with Crippen molar-refractivity contribution in [2.75, 3.05) is 0 Å². The van der Waals surface area contributed by atoms with Gasteiger partial charge in [-0.25, -0.2) is 0 Å². The summed E-state index contributed by atoms with van der Waals surface area (Å²) in [4.78, 5) is 0.681. The molecule has 0 spiro atoms. The van der Waals surface area contributed by atoms with E-state index in [-0.39, 0.29) is 20.9 Å². The first-order chi connectivity index (χ1) is 5.77. The number of hydrogen-bond acceptors (Lipinski definition) is 0. The molecule has 0 aromatic carbocycles. The normalized spacial score (nSPS) is 11.9. The van der Waals surface area contributed by atoms with E-state index < -0.39 is 0 Å². The van der Waals surface area contributed by atoms with Crippen LogP contribution in [0.25, 0.3) is 0 Å². The molecule has 1 unspecified atom stereocenters. The summed E-state index contributed by atoms with van der Waals surface area (Å²) in [5.74, 6) is 3.25. The second-order valence-electron chi connectivity index (χ2n) is 2.80. The van der Waals surface area contributed by atoms with Gasteiger partial charge in [0, 0.05) is 0 Å². The number of halogens is 1. The van der Waals surface area contributed by atoms with Crippen LogP contribution in [0.1, 0.15) is 39.5 Å². The quantitative estimate of drug-likeness (QED) is 0.310. The van der Waals surface area contributed by atoms with Crippen molar-refractivity contribution in [2.45, 2.75) is 48.8 Å². The minimum absolute atomic E-state index is 0.0211. The van der Waals surface area contributed by atoms with Crippen LogP contribution in [-0.4, -0.2) is 25.8 Å². The zero-order chi connectivity index (χ0) is 9.23. The number of hydrogen-bond donors (Lipinski definition) is 0. The molecule has 0 aromatic rings. The average Bonchev–Trinajstić information content (AvgIpc) is 2.02. The van der Waals surface area contributed by atoms with Gasteiger partial charge in [0.1, 0.15) is 0 Å². The van der Waals surface area contributed by atoms with Crippen molar-refractivity contribution in [1.29, 1.82) is 0 Å². The molecule has 0 aliphatic rings. The van der Waals surface area contributed by atoms with Crippen molar-refractivity contribution in [3.63, 3.8) is 0 Å². The Hall–Kier alpha value is 0.830. The van der Waals surface area contributed by atoms with Gasteiger partial charge in [0.25, 0.3) is 0 Å². The molecule has 0 bridgehead atoms. The molecule has 0 aromatic heterocycles. The van der Waals surface area contributed by atoms with Gasteiger partial charge in [0.05, 0.1) is 0 Å². The zero-order valence-electron chi connectivity index (χ0n) is 7.90. The Labute approximate surface area is 95.1 Å². The molecule has 0 amide bonds. The summed E-state index contributed by atoms with van der Waals surface area (Å²) in [6.07, 6.45) is 4.96. The molecule has 0 radical (unpaired) electrons. The van der Waals surface area contributed by atoms with Gasteiger partial charge in [-0.1, -0.05) is 0 Å². The molecule has 0 rings (SSSR count). The van der Waals surface area contributed by atoms with E-state index >= 15 is 0 Å². The predicted molar refractivity (Wildman–Crippen MR) is 60.9 cm³/mol. The maximum absolute atomic E-state index is 3.54. The van der Waals surface area contributed by atoms with Crippen LogP contribution in [0.3, 0.4) is 0 Å². The van der Waals surface area contributed by atoms with Gasteiger partial charge in [-0.2, -0.15) is 0 Å². The van der Waals surface area contributed by atoms with Gasteiger partial charge < -0.3 is 0 Å². The molecule has 0 aliphatic carbocycles. The van der Waals surface area contributed by atoms with Crippen molar-refractivity contribution in [3.05, 3.63) is 0 Å². The molecule has 0 fully saturated rings. The van der Waals surface area contributed by atoms with Crippen LogP contribution in [-0.2, 0) is 0 Å². The molecule has 1 atom stereocenters. The number of alkyl halides is 1. The maximum atomic E-state index is 3.54. The van der Waals surface area contributed by atoms with Crippen molar-refractivity contribution < 1.29 is 0 Å². The molecule has 0 heterocycles. The second-order valence-corrected chi connectivity index (χ2v) is 6.94. The Balaban J connectivity index is 3.10. The number of rotatable bonds is 5. The van der Waals surface area contributed by atoms with Gasteiger partial charge >= 0.3 is 95.6 Å². The second kappa shape index (κ2) is 9.91. The van der Waals surface area contributed by atoms with E-state index in [4.69, 9.17) is 0 Å². The van der Waals surface area contributed by atoms with Gasteiger partial charge in [-0.3, -0.25) is 0 Å². The third-order valence-corrected chi connectivity index (χ3v) is 3.95. The summed E-state index contributed by atoms with van der Waals surface area (Å²) in [7, 11) is 0. The fourth-order valence-electron chi connectivity index (χ4n) is 0.640. The summed E-state index contributed by atoms with van der Waals surface area (Å²) in [6.45, 7) is 4.42. The predicted octanol–water partition coefficient (Wildman–Crippen LogP) is 3.43. The van der Waals surface area contributed by atoms with E-state index in [1.54, 1.807) is 0 Å². The van der Waals surface area contributed by atoms with Crippen molar-refractivity contribution >= 4 is 36.9 Å². The molecular weight excluding hydrogens is 328 g/mol. The SMILES string of the molecule is CCCCC#C[Te]CCC(C)Br. The Morgan fingerprint density at radius 2 is 2.25 bits per heavy atom. The van der Waals surface area contributed by atoms with E-state index in [9.17, 15) is 0 Å². The van der Waals surface area contributed by atoms with Crippen LogP contribution in [0.4, 0.5) is 0 Å². The zero-order valence-corrected chi connectivity index (χ0v) is 11.8. The average molecular weight is 345 g/mol. The first-order valence-corrected chi connectivity index (χ1v) is 8.24. The molecule has 0 aliphatic heterocycles. The Bertz CT molecular complexity index is 144. The molecule has 0 N–H and O–H groups in total. The first-order valence-electron chi connectivity index (χ1n) is 4.51. The Morgan fingerprint density at radius 1 is 1.50 bits per heavy atom. The molecule has 70 valence electrons. The third kappa shape index (κ3) is 10.8. The Kier molecular flexibility index (Phi) is 10.6. The summed E-state index contributed by atoms with van der Waals surface area (Å²) in [6, 6.07) is 0. The summed E-state index contributed by atoms with van der Waals surface area (Å²) >= 11 is 3.56. The molecule has 12 heavy (non-hydrogen) atoms. The van der Waals surface area contributed by atoms with Gasteiger partial charge in [-0.05, 0) is 0 Å². The first kappa shape index (κ1) is 12.8. The van der Waals surface area contributed by atoms with Crippen LogP contribution in [0.2, 0.25) is 4.47 Å². The fourth-order valence-corrected chi connectivity index (χ4v) is 4.03. The molecule has 0 nitrogen and oxygen atoms in total. The van der Waals surface area contributed by atoms with E-state index in [2.05, 4.69) is 39.7 Å². The van der Waals surface area contributed by atoms with Crippen LogP contribution < -0.4 is 0 Å². The van der Waals surface area contributed by atoms with Crippen molar-refractivity contribution in [3.8, 4) is 9.89 Å². The molecule has 0 saturated heterocycles. The van der Waals surface area contributed by atoms with E-state index in [0.29, 0.717) is 4.83 Å². The molecular formula is C10H17BrTe. The monoisotopic (exact) mass is 346 g/mol. The third-order valence-electron chi connectivity index (χ3n) is 1.42. The van der Waals surface area contributed by atoms with Crippen LogP contribution in [0.5, 0.6) is 0 Å². The van der Waals surface area contributed by atoms with E-state index in [1.165, 1.54) is 23.7 Å². The standard InChI is InChI=1S/C10H17BrTe/c1-3-4-5-6-8-12-9-7-10(2)11/h10H,3-5,7,9H2,1-2H3. The van der Waals surface area contributed by atoms with E-state index in [0.717, 1.165) is 6.42 Å². The van der Waals surface area contributed by atoms with Crippen LogP contribution in [0, 0.1) is 9.89 Å². The van der Waals surface area contributed by atoms with Crippen molar-refractivity contribution in [1.82, 2.24) is 0 Å². The summed E-state index contributed by atoms with van der Waals surface area (Å²) < 4.78 is 4.69. The number of unbranched alkanes of at least 4 members (excludes halogenated alkanes) is 2. The summed E-state index contributed by atoms with van der Waals surface area (Å²) in [5.41, 5.74) is 0. The van der Waals surface area contributed by atoms with Crippen LogP contribution >= 0.6 is 15.9 Å². The van der Waals surface area contributed by atoms with Crippen molar-refractivity contribution in [2.24, 2.45) is 0 Å². The molecule has 0 saturated carbocycles. The van der Waals surface area contributed by atoms with Gasteiger partial charge in [0.2, 0.25) is 0 Å². The van der Waals surface area contributed by atoms with Crippen LogP contribution in [0.15, 0.2) is 0 Å². The fraction of sp³-hybridized carbons (Fsp3) is 0.800.